The van der Waals surface area contributed by atoms with Crippen LogP contribution in [0.1, 0.15) is 36.8 Å². The minimum atomic E-state index is -0.0752. The number of amides is 3. The second-order valence-electron chi connectivity index (χ2n) is 7.62. The van der Waals surface area contributed by atoms with Crippen LogP contribution in [-0.2, 0) is 11.3 Å². The SMILES string of the molecule is Cc1cccc(CN(C(=O)Nc2ccc(NC(=O)C3CC3)cc2)C2CC2)c1. The normalized spacial score (nSPS) is 15.9. The summed E-state index contributed by atoms with van der Waals surface area (Å²) in [6, 6.07) is 15.9. The molecule has 0 unspecified atom stereocenters. The molecule has 27 heavy (non-hydrogen) atoms. The molecule has 4 rings (SSSR count). The largest absolute Gasteiger partial charge is 0.326 e. The van der Waals surface area contributed by atoms with Crippen LogP contribution in [0.15, 0.2) is 48.5 Å². The molecule has 2 aromatic carbocycles. The second kappa shape index (κ2) is 7.43. The Labute approximate surface area is 159 Å². The van der Waals surface area contributed by atoms with E-state index in [2.05, 4.69) is 35.8 Å². The molecule has 2 N–H and O–H groups in total. The maximum absolute atomic E-state index is 12.8. The molecule has 2 aromatic rings. The molecular weight excluding hydrogens is 338 g/mol. The Morgan fingerprint density at radius 1 is 0.963 bits per heavy atom. The van der Waals surface area contributed by atoms with Gasteiger partial charge in [0.05, 0.1) is 0 Å². The number of anilines is 2. The zero-order valence-corrected chi connectivity index (χ0v) is 15.6. The first-order chi connectivity index (χ1) is 13.1. The van der Waals surface area contributed by atoms with E-state index in [4.69, 9.17) is 0 Å². The molecule has 0 aromatic heterocycles. The highest BCUT2D eigenvalue weighted by Gasteiger charge is 2.33. The molecule has 0 spiro atoms. The number of hydrogen-bond acceptors (Lipinski definition) is 2. The van der Waals surface area contributed by atoms with Gasteiger partial charge in [-0.1, -0.05) is 29.8 Å². The Kier molecular flexibility index (Phi) is 4.84. The van der Waals surface area contributed by atoms with E-state index in [-0.39, 0.29) is 17.9 Å². The number of nitrogens with one attached hydrogen (secondary N) is 2. The van der Waals surface area contributed by atoms with Crippen molar-refractivity contribution < 1.29 is 9.59 Å². The van der Waals surface area contributed by atoms with Gasteiger partial charge in [0, 0.05) is 29.9 Å². The fourth-order valence-corrected chi connectivity index (χ4v) is 3.18. The van der Waals surface area contributed by atoms with Crippen LogP contribution in [0.3, 0.4) is 0 Å². The number of rotatable bonds is 6. The van der Waals surface area contributed by atoms with E-state index in [0.717, 1.165) is 42.6 Å². The van der Waals surface area contributed by atoms with Gasteiger partial charge in [0.15, 0.2) is 0 Å². The highest BCUT2D eigenvalue weighted by atomic mass is 16.2. The third-order valence-corrected chi connectivity index (χ3v) is 5.04. The maximum atomic E-state index is 12.8. The summed E-state index contributed by atoms with van der Waals surface area (Å²) < 4.78 is 0. The minimum Gasteiger partial charge on any atom is -0.326 e. The van der Waals surface area contributed by atoms with E-state index < -0.39 is 0 Å². The van der Waals surface area contributed by atoms with E-state index >= 15 is 0 Å². The fourth-order valence-electron chi connectivity index (χ4n) is 3.18. The number of aryl methyl sites for hydroxylation is 1. The van der Waals surface area contributed by atoms with Gasteiger partial charge in [-0.25, -0.2) is 4.79 Å². The molecule has 0 heterocycles. The maximum Gasteiger partial charge on any atom is 0.322 e. The van der Waals surface area contributed by atoms with Gasteiger partial charge in [0.1, 0.15) is 0 Å². The van der Waals surface area contributed by atoms with Crippen molar-refractivity contribution in [3.63, 3.8) is 0 Å². The van der Waals surface area contributed by atoms with Crippen molar-refractivity contribution in [3.8, 4) is 0 Å². The van der Waals surface area contributed by atoms with Gasteiger partial charge in [-0.2, -0.15) is 0 Å². The summed E-state index contributed by atoms with van der Waals surface area (Å²) in [7, 11) is 0. The van der Waals surface area contributed by atoms with Crippen LogP contribution in [-0.4, -0.2) is 22.9 Å². The van der Waals surface area contributed by atoms with Gasteiger partial charge >= 0.3 is 6.03 Å². The molecule has 0 radical (unpaired) electrons. The summed E-state index contributed by atoms with van der Waals surface area (Å²) in [6.45, 7) is 2.68. The lowest BCUT2D eigenvalue weighted by Crippen LogP contribution is -2.36. The molecule has 0 saturated heterocycles. The molecule has 140 valence electrons. The van der Waals surface area contributed by atoms with E-state index in [1.165, 1.54) is 5.56 Å². The quantitative estimate of drug-likeness (QED) is 0.791. The smallest absolute Gasteiger partial charge is 0.322 e. The lowest BCUT2D eigenvalue weighted by molar-refractivity contribution is -0.117. The number of nitrogens with zero attached hydrogens (tertiary/aromatic N) is 1. The Hall–Kier alpha value is -2.82. The summed E-state index contributed by atoms with van der Waals surface area (Å²) in [5.74, 6) is 0.267. The summed E-state index contributed by atoms with van der Waals surface area (Å²) in [5, 5.41) is 5.90. The van der Waals surface area contributed by atoms with Crippen molar-refractivity contribution in [2.75, 3.05) is 10.6 Å². The van der Waals surface area contributed by atoms with Crippen molar-refractivity contribution in [1.29, 1.82) is 0 Å². The third kappa shape index (κ3) is 4.67. The first-order valence-electron chi connectivity index (χ1n) is 9.62. The lowest BCUT2D eigenvalue weighted by atomic mass is 10.1. The van der Waals surface area contributed by atoms with Gasteiger partial charge in [-0.15, -0.1) is 0 Å². The van der Waals surface area contributed by atoms with Gasteiger partial charge in [0.2, 0.25) is 5.91 Å². The molecular formula is C22H25N3O2. The predicted molar refractivity (Wildman–Crippen MR) is 107 cm³/mol. The van der Waals surface area contributed by atoms with Crippen molar-refractivity contribution in [2.45, 2.75) is 45.2 Å². The number of carbonyl (C=O) groups is 2. The van der Waals surface area contributed by atoms with Crippen LogP contribution in [0.2, 0.25) is 0 Å². The fraction of sp³-hybridized carbons (Fsp3) is 0.364. The monoisotopic (exact) mass is 363 g/mol. The highest BCUT2D eigenvalue weighted by Crippen LogP contribution is 2.31. The molecule has 0 atom stereocenters. The van der Waals surface area contributed by atoms with Crippen LogP contribution >= 0.6 is 0 Å². The van der Waals surface area contributed by atoms with Crippen molar-refractivity contribution in [3.05, 3.63) is 59.7 Å². The van der Waals surface area contributed by atoms with Gasteiger partial charge in [-0.3, -0.25) is 4.79 Å². The first-order valence-corrected chi connectivity index (χ1v) is 9.62. The van der Waals surface area contributed by atoms with Crippen molar-refractivity contribution in [1.82, 2.24) is 4.90 Å². The topological polar surface area (TPSA) is 61.4 Å². The molecule has 0 bridgehead atoms. The molecule has 2 aliphatic carbocycles. The molecule has 2 fully saturated rings. The standard InChI is InChI=1S/C22H25N3O2/c1-15-3-2-4-16(13-15)14-25(20-11-12-20)22(27)24-19-9-7-18(8-10-19)23-21(26)17-5-6-17/h2-4,7-10,13,17,20H,5-6,11-12,14H2,1H3,(H,23,26)(H,24,27). The molecule has 3 amide bonds. The molecule has 5 nitrogen and oxygen atoms in total. The summed E-state index contributed by atoms with van der Waals surface area (Å²) in [6.07, 6.45) is 4.09. The predicted octanol–water partition coefficient (Wildman–Crippen LogP) is 4.54. The average molecular weight is 363 g/mol. The lowest BCUT2D eigenvalue weighted by Gasteiger charge is -2.23. The van der Waals surface area contributed by atoms with E-state index in [0.29, 0.717) is 12.6 Å². The number of hydrogen-bond donors (Lipinski definition) is 2. The number of urea groups is 1. The highest BCUT2D eigenvalue weighted by molar-refractivity contribution is 5.94. The minimum absolute atomic E-state index is 0.0752. The van der Waals surface area contributed by atoms with Crippen LogP contribution in [0.5, 0.6) is 0 Å². The Morgan fingerprint density at radius 2 is 1.63 bits per heavy atom. The van der Waals surface area contributed by atoms with Gasteiger partial charge in [-0.05, 0) is 62.4 Å². The molecule has 0 aliphatic heterocycles. The Morgan fingerprint density at radius 3 is 2.22 bits per heavy atom. The molecule has 5 heteroatoms. The summed E-state index contributed by atoms with van der Waals surface area (Å²) >= 11 is 0. The summed E-state index contributed by atoms with van der Waals surface area (Å²) in [5.41, 5.74) is 3.85. The van der Waals surface area contributed by atoms with Crippen LogP contribution in [0.25, 0.3) is 0 Å². The van der Waals surface area contributed by atoms with Gasteiger partial charge < -0.3 is 15.5 Å². The zero-order valence-electron chi connectivity index (χ0n) is 15.6. The number of benzene rings is 2. The number of carbonyl (C=O) groups excluding carboxylic acids is 2. The van der Waals surface area contributed by atoms with Crippen molar-refractivity contribution >= 4 is 23.3 Å². The zero-order chi connectivity index (χ0) is 18.8. The third-order valence-electron chi connectivity index (χ3n) is 5.04. The Balaban J connectivity index is 1.38. The Bertz CT molecular complexity index is 839. The summed E-state index contributed by atoms with van der Waals surface area (Å²) in [4.78, 5) is 26.5. The molecule has 2 saturated carbocycles. The van der Waals surface area contributed by atoms with E-state index in [1.807, 2.05) is 35.2 Å². The first kappa shape index (κ1) is 17.6. The second-order valence-corrected chi connectivity index (χ2v) is 7.62. The van der Waals surface area contributed by atoms with Crippen LogP contribution < -0.4 is 10.6 Å². The van der Waals surface area contributed by atoms with Crippen LogP contribution in [0, 0.1) is 12.8 Å². The van der Waals surface area contributed by atoms with Gasteiger partial charge in [0.25, 0.3) is 0 Å². The van der Waals surface area contributed by atoms with Crippen molar-refractivity contribution in [2.24, 2.45) is 5.92 Å². The van der Waals surface area contributed by atoms with E-state index in [1.54, 1.807) is 0 Å². The average Bonchev–Trinajstić information content (AvgIpc) is 3.54. The van der Waals surface area contributed by atoms with Crippen LogP contribution in [0.4, 0.5) is 16.2 Å². The molecule has 2 aliphatic rings. The van der Waals surface area contributed by atoms with E-state index in [9.17, 15) is 9.59 Å².